The van der Waals surface area contributed by atoms with Crippen LogP contribution in [-0.4, -0.2) is 28.8 Å². The van der Waals surface area contributed by atoms with Gasteiger partial charge in [0.1, 0.15) is 5.78 Å². The van der Waals surface area contributed by atoms with Crippen molar-refractivity contribution in [2.24, 2.45) is 0 Å². The summed E-state index contributed by atoms with van der Waals surface area (Å²) < 4.78 is 0. The Morgan fingerprint density at radius 1 is 1.14 bits per heavy atom. The van der Waals surface area contributed by atoms with Gasteiger partial charge in [0.05, 0.1) is 0 Å². The summed E-state index contributed by atoms with van der Waals surface area (Å²) in [6, 6.07) is 2.32. The molecule has 0 saturated carbocycles. The van der Waals surface area contributed by atoms with Gasteiger partial charge < -0.3 is 0 Å². The maximum atomic E-state index is 11.8. The SMILES string of the molecule is C#CCCCC(=O)CCCC1CCC2CCCCC(C)N21. The molecule has 0 aromatic carbocycles. The molecule has 0 radical (unpaired) electrons. The number of ketones is 1. The van der Waals surface area contributed by atoms with Crippen LogP contribution in [0.5, 0.6) is 0 Å². The number of carbonyl (C=O) groups excluding carboxylic acids is 1. The maximum Gasteiger partial charge on any atom is 0.132 e. The first-order chi connectivity index (χ1) is 10.2. The number of terminal acetylenes is 1. The Balaban J connectivity index is 1.71. The minimum Gasteiger partial charge on any atom is -0.300 e. The van der Waals surface area contributed by atoms with Crippen LogP contribution in [0.25, 0.3) is 0 Å². The molecular formula is C19H31NO. The summed E-state index contributed by atoms with van der Waals surface area (Å²) >= 11 is 0. The number of hydrogen-bond donors (Lipinski definition) is 0. The Morgan fingerprint density at radius 3 is 2.71 bits per heavy atom. The van der Waals surface area contributed by atoms with Gasteiger partial charge in [-0.15, -0.1) is 12.3 Å². The van der Waals surface area contributed by atoms with E-state index in [-0.39, 0.29) is 0 Å². The van der Waals surface area contributed by atoms with E-state index in [1.807, 2.05) is 0 Å². The number of carbonyl (C=O) groups is 1. The van der Waals surface area contributed by atoms with Crippen LogP contribution in [0.2, 0.25) is 0 Å². The molecule has 2 aliphatic heterocycles. The van der Waals surface area contributed by atoms with Crippen LogP contribution in [0.4, 0.5) is 0 Å². The number of rotatable bonds is 7. The fourth-order valence-electron chi connectivity index (χ4n) is 4.30. The molecule has 21 heavy (non-hydrogen) atoms. The highest BCUT2D eigenvalue weighted by Crippen LogP contribution is 2.36. The van der Waals surface area contributed by atoms with Crippen molar-refractivity contribution >= 4 is 5.78 Å². The Morgan fingerprint density at radius 2 is 1.90 bits per heavy atom. The van der Waals surface area contributed by atoms with Gasteiger partial charge in [-0.05, 0) is 51.9 Å². The van der Waals surface area contributed by atoms with Crippen molar-refractivity contribution in [1.82, 2.24) is 4.90 Å². The van der Waals surface area contributed by atoms with E-state index in [9.17, 15) is 4.79 Å². The summed E-state index contributed by atoms with van der Waals surface area (Å²) in [6.45, 7) is 2.40. The molecule has 2 heterocycles. The third kappa shape index (κ3) is 4.85. The molecule has 2 saturated heterocycles. The van der Waals surface area contributed by atoms with Crippen LogP contribution in [0.15, 0.2) is 0 Å². The van der Waals surface area contributed by atoms with Gasteiger partial charge >= 0.3 is 0 Å². The molecule has 0 N–H and O–H groups in total. The Bertz CT molecular complexity index is 370. The van der Waals surface area contributed by atoms with Crippen molar-refractivity contribution < 1.29 is 4.79 Å². The van der Waals surface area contributed by atoms with E-state index in [0.29, 0.717) is 12.2 Å². The molecule has 0 aromatic rings. The quantitative estimate of drug-likeness (QED) is 0.514. The maximum absolute atomic E-state index is 11.8. The van der Waals surface area contributed by atoms with E-state index < -0.39 is 0 Å². The van der Waals surface area contributed by atoms with Gasteiger partial charge in [0.15, 0.2) is 0 Å². The first-order valence-corrected chi connectivity index (χ1v) is 8.95. The van der Waals surface area contributed by atoms with Gasteiger partial charge in [-0.1, -0.05) is 12.8 Å². The monoisotopic (exact) mass is 289 g/mol. The molecule has 2 fully saturated rings. The van der Waals surface area contributed by atoms with Crippen molar-refractivity contribution in [3.05, 3.63) is 0 Å². The van der Waals surface area contributed by atoms with Gasteiger partial charge in [0.2, 0.25) is 0 Å². The first-order valence-electron chi connectivity index (χ1n) is 8.95. The summed E-state index contributed by atoms with van der Waals surface area (Å²) in [6.07, 6.45) is 18.8. The van der Waals surface area contributed by atoms with Gasteiger partial charge in [0, 0.05) is 37.4 Å². The van der Waals surface area contributed by atoms with Gasteiger partial charge in [-0.25, -0.2) is 0 Å². The molecule has 3 unspecified atom stereocenters. The zero-order valence-corrected chi connectivity index (χ0v) is 13.7. The summed E-state index contributed by atoms with van der Waals surface area (Å²) in [4.78, 5) is 14.6. The zero-order chi connectivity index (χ0) is 15.1. The number of nitrogens with zero attached hydrogens (tertiary/aromatic N) is 1. The lowest BCUT2D eigenvalue weighted by Gasteiger charge is -2.34. The summed E-state index contributed by atoms with van der Waals surface area (Å²) in [5.41, 5.74) is 0. The number of hydrogen-bond acceptors (Lipinski definition) is 2. The molecule has 3 atom stereocenters. The lowest BCUT2D eigenvalue weighted by molar-refractivity contribution is -0.119. The summed E-state index contributed by atoms with van der Waals surface area (Å²) in [5.74, 6) is 3.01. The average molecular weight is 289 g/mol. The van der Waals surface area contributed by atoms with Gasteiger partial charge in [-0.3, -0.25) is 9.69 Å². The van der Waals surface area contributed by atoms with E-state index in [1.165, 1.54) is 44.9 Å². The minimum absolute atomic E-state index is 0.406. The number of fused-ring (bicyclic) bond motifs is 1. The highest BCUT2D eigenvalue weighted by Gasteiger charge is 2.36. The smallest absolute Gasteiger partial charge is 0.132 e. The van der Waals surface area contributed by atoms with Crippen LogP contribution in [0.3, 0.4) is 0 Å². The van der Waals surface area contributed by atoms with Crippen LogP contribution in [-0.2, 0) is 4.79 Å². The second-order valence-corrected chi connectivity index (χ2v) is 6.95. The third-order valence-electron chi connectivity index (χ3n) is 5.36. The fraction of sp³-hybridized carbons (Fsp3) is 0.842. The second kappa shape index (κ2) is 8.59. The van der Waals surface area contributed by atoms with Crippen molar-refractivity contribution in [3.63, 3.8) is 0 Å². The molecule has 2 heteroatoms. The van der Waals surface area contributed by atoms with Crippen LogP contribution in [0, 0.1) is 12.3 Å². The standard InChI is InChI=1S/C19H31NO/c1-3-4-5-12-19(21)13-8-11-18-15-14-17-10-7-6-9-16(2)20(17)18/h1,16-18H,4-15H2,2H3. The normalized spacial score (nSPS) is 29.6. The second-order valence-electron chi connectivity index (χ2n) is 6.95. The minimum atomic E-state index is 0.406. The Hall–Kier alpha value is -0.810. The molecule has 0 amide bonds. The zero-order valence-electron chi connectivity index (χ0n) is 13.7. The van der Waals surface area contributed by atoms with E-state index in [4.69, 9.17) is 6.42 Å². The molecule has 2 rings (SSSR count). The van der Waals surface area contributed by atoms with Crippen LogP contribution in [0.1, 0.15) is 84.0 Å². The molecule has 0 bridgehead atoms. The number of unbranched alkanes of at least 4 members (excludes halogenated alkanes) is 1. The topological polar surface area (TPSA) is 20.3 Å². The van der Waals surface area contributed by atoms with E-state index >= 15 is 0 Å². The third-order valence-corrected chi connectivity index (χ3v) is 5.36. The molecule has 2 nitrogen and oxygen atoms in total. The molecule has 118 valence electrons. The molecule has 0 spiro atoms. The van der Waals surface area contributed by atoms with E-state index in [2.05, 4.69) is 17.7 Å². The van der Waals surface area contributed by atoms with E-state index in [0.717, 1.165) is 43.8 Å². The predicted octanol–water partition coefficient (Wildman–Crippen LogP) is 4.32. The molecule has 2 aliphatic rings. The predicted molar refractivity (Wildman–Crippen MR) is 88.1 cm³/mol. The van der Waals surface area contributed by atoms with Crippen LogP contribution >= 0.6 is 0 Å². The fourth-order valence-corrected chi connectivity index (χ4v) is 4.30. The summed E-state index contributed by atoms with van der Waals surface area (Å²) in [7, 11) is 0. The van der Waals surface area contributed by atoms with Crippen LogP contribution < -0.4 is 0 Å². The van der Waals surface area contributed by atoms with Crippen molar-refractivity contribution in [2.75, 3.05) is 0 Å². The largest absolute Gasteiger partial charge is 0.300 e. The first kappa shape index (κ1) is 16.6. The lowest BCUT2D eigenvalue weighted by atomic mass is 10.0. The van der Waals surface area contributed by atoms with E-state index in [1.54, 1.807) is 0 Å². The van der Waals surface area contributed by atoms with Crippen molar-refractivity contribution in [2.45, 2.75) is 102 Å². The molecule has 0 aromatic heterocycles. The van der Waals surface area contributed by atoms with Crippen molar-refractivity contribution in [1.29, 1.82) is 0 Å². The highest BCUT2D eigenvalue weighted by atomic mass is 16.1. The van der Waals surface area contributed by atoms with Gasteiger partial charge in [-0.2, -0.15) is 0 Å². The van der Waals surface area contributed by atoms with Crippen molar-refractivity contribution in [3.8, 4) is 12.3 Å². The Labute approximate surface area is 130 Å². The average Bonchev–Trinajstić information content (AvgIpc) is 2.77. The molecular weight excluding hydrogens is 258 g/mol. The Kier molecular flexibility index (Phi) is 6.77. The number of Topliss-reactive ketones (excluding diaryl/α,β-unsaturated/α-hetero) is 1. The lowest BCUT2D eigenvalue weighted by Crippen LogP contribution is -2.41. The summed E-state index contributed by atoms with van der Waals surface area (Å²) in [5, 5.41) is 0. The van der Waals surface area contributed by atoms with Gasteiger partial charge in [0.25, 0.3) is 0 Å². The highest BCUT2D eigenvalue weighted by molar-refractivity contribution is 5.78. The molecule has 0 aliphatic carbocycles.